The number of amides is 1. The van der Waals surface area contributed by atoms with Gasteiger partial charge in [-0.15, -0.1) is 0 Å². The molecule has 0 spiro atoms. The molecule has 0 bridgehead atoms. The van der Waals surface area contributed by atoms with Gasteiger partial charge in [0.2, 0.25) is 0 Å². The number of nitrogens with one attached hydrogen (secondary N) is 1. The van der Waals surface area contributed by atoms with E-state index in [2.05, 4.69) is 35.1 Å². The van der Waals surface area contributed by atoms with Gasteiger partial charge in [-0.3, -0.25) is 4.79 Å². The highest BCUT2D eigenvalue weighted by atomic mass is 19.4. The fourth-order valence-corrected chi connectivity index (χ4v) is 3.04. The van der Waals surface area contributed by atoms with Gasteiger partial charge in [-0.1, -0.05) is 0 Å². The molecule has 3 aromatic heterocycles. The number of hydrogen-bond acceptors (Lipinski definition) is 7. The van der Waals surface area contributed by atoms with Crippen molar-refractivity contribution < 1.29 is 31.5 Å². The van der Waals surface area contributed by atoms with Crippen LogP contribution in [0.3, 0.4) is 0 Å². The normalized spacial score (nSPS) is 14.9. The lowest BCUT2D eigenvalue weighted by molar-refractivity contribution is -0.141. The molecule has 33 heavy (non-hydrogen) atoms. The van der Waals surface area contributed by atoms with Crippen molar-refractivity contribution in [2.45, 2.75) is 44.5 Å². The fraction of sp³-hybridized carbons (Fsp3) is 0.368. The molecule has 1 fully saturated rings. The van der Waals surface area contributed by atoms with Crippen molar-refractivity contribution in [1.82, 2.24) is 35.0 Å². The average Bonchev–Trinajstić information content (AvgIpc) is 3.49. The third kappa shape index (κ3) is 5.21. The number of alkyl halides is 5. The summed E-state index contributed by atoms with van der Waals surface area (Å²) in [6.45, 7) is -1.50. The Balaban J connectivity index is 1.54. The summed E-state index contributed by atoms with van der Waals surface area (Å²) in [6.07, 6.45) is -0.0733. The van der Waals surface area contributed by atoms with Gasteiger partial charge in [0, 0.05) is 17.2 Å². The monoisotopic (exact) mass is 469 g/mol. The van der Waals surface area contributed by atoms with Crippen LogP contribution < -0.4 is 10.1 Å². The van der Waals surface area contributed by atoms with E-state index in [1.165, 1.54) is 6.07 Å². The lowest BCUT2D eigenvalue weighted by atomic mass is 10.1. The smallest absolute Gasteiger partial charge is 0.432 e. The molecule has 1 aliphatic carbocycles. The van der Waals surface area contributed by atoms with Crippen LogP contribution in [0.4, 0.5) is 22.0 Å². The summed E-state index contributed by atoms with van der Waals surface area (Å²) in [5.74, 6) is -0.980. The minimum atomic E-state index is -4.69. The first kappa shape index (κ1) is 22.5. The Morgan fingerprint density at radius 1 is 1.18 bits per heavy atom. The first-order chi connectivity index (χ1) is 15.6. The van der Waals surface area contributed by atoms with Gasteiger partial charge < -0.3 is 10.1 Å². The molecule has 3 heterocycles. The molecule has 14 heteroatoms. The van der Waals surface area contributed by atoms with Gasteiger partial charge in [-0.25, -0.2) is 19.9 Å². The van der Waals surface area contributed by atoms with E-state index in [1.807, 2.05) is 0 Å². The maximum Gasteiger partial charge on any atom is 0.433 e. The van der Waals surface area contributed by atoms with E-state index in [-0.39, 0.29) is 34.7 Å². The van der Waals surface area contributed by atoms with E-state index in [0.29, 0.717) is 6.07 Å². The standard InChI is InChI=1S/C19H16F5N7O2/c1-9(15-27-8-28-31(15)18-25-6-12(7-26-18)33-17(20)21)29-16(32)11-4-13(10-2-3-10)30-14(5-11)19(22,23)24/h4-10,17H,2-3H2,1H3,(H,29,32). The van der Waals surface area contributed by atoms with Gasteiger partial charge in [0.05, 0.1) is 18.4 Å². The van der Waals surface area contributed by atoms with Crippen LogP contribution in [-0.4, -0.2) is 42.2 Å². The lowest BCUT2D eigenvalue weighted by Crippen LogP contribution is -2.29. The number of halogens is 5. The molecular weight excluding hydrogens is 453 g/mol. The van der Waals surface area contributed by atoms with Crippen LogP contribution in [0.2, 0.25) is 0 Å². The van der Waals surface area contributed by atoms with E-state index < -0.39 is 30.4 Å². The summed E-state index contributed by atoms with van der Waals surface area (Å²) >= 11 is 0. The van der Waals surface area contributed by atoms with Crippen molar-refractivity contribution in [3.05, 3.63) is 53.6 Å². The molecular formula is C19H16F5N7O2. The highest BCUT2D eigenvalue weighted by molar-refractivity contribution is 5.94. The highest BCUT2D eigenvalue weighted by Crippen LogP contribution is 2.40. The van der Waals surface area contributed by atoms with E-state index in [1.54, 1.807) is 6.92 Å². The second kappa shape index (κ2) is 8.67. The molecule has 9 nitrogen and oxygen atoms in total. The number of carbonyl (C=O) groups is 1. The molecule has 0 aliphatic heterocycles. The Hall–Kier alpha value is -3.71. The predicted octanol–water partition coefficient (Wildman–Crippen LogP) is 3.44. The van der Waals surface area contributed by atoms with Crippen molar-refractivity contribution in [1.29, 1.82) is 0 Å². The Kier molecular flexibility index (Phi) is 5.91. The van der Waals surface area contributed by atoms with Crippen molar-refractivity contribution in [2.24, 2.45) is 0 Å². The Morgan fingerprint density at radius 3 is 2.48 bits per heavy atom. The summed E-state index contributed by atoms with van der Waals surface area (Å²) in [7, 11) is 0. The summed E-state index contributed by atoms with van der Waals surface area (Å²) in [4.78, 5) is 28.2. The fourth-order valence-electron chi connectivity index (χ4n) is 3.04. The topological polar surface area (TPSA) is 108 Å². The van der Waals surface area contributed by atoms with Gasteiger partial charge in [0.15, 0.2) is 11.6 Å². The molecule has 3 aromatic rings. The number of hydrogen-bond donors (Lipinski definition) is 1. The van der Waals surface area contributed by atoms with Crippen LogP contribution in [0, 0.1) is 0 Å². The summed E-state index contributed by atoms with van der Waals surface area (Å²) in [5, 5.41) is 6.53. The van der Waals surface area contributed by atoms with E-state index in [4.69, 9.17) is 0 Å². The highest BCUT2D eigenvalue weighted by Gasteiger charge is 2.36. The third-order valence-corrected chi connectivity index (χ3v) is 4.73. The quantitative estimate of drug-likeness (QED) is 0.528. The number of nitrogens with zero attached hydrogens (tertiary/aromatic N) is 6. The molecule has 0 saturated heterocycles. The molecule has 1 atom stereocenters. The Bertz CT molecular complexity index is 1150. The number of aromatic nitrogens is 6. The number of carbonyl (C=O) groups excluding carboxylic acids is 1. The van der Waals surface area contributed by atoms with Crippen molar-refractivity contribution in [3.8, 4) is 11.7 Å². The van der Waals surface area contributed by atoms with Gasteiger partial charge >= 0.3 is 12.8 Å². The van der Waals surface area contributed by atoms with Crippen molar-refractivity contribution in [3.63, 3.8) is 0 Å². The summed E-state index contributed by atoms with van der Waals surface area (Å²) < 4.78 is 69.6. The molecule has 1 aliphatic rings. The number of pyridine rings is 1. The van der Waals surface area contributed by atoms with Gasteiger partial charge in [0.25, 0.3) is 11.9 Å². The zero-order valence-corrected chi connectivity index (χ0v) is 16.9. The zero-order valence-electron chi connectivity index (χ0n) is 16.9. The number of ether oxygens (including phenoxy) is 1. The van der Waals surface area contributed by atoms with Crippen LogP contribution in [0.1, 0.15) is 59.3 Å². The molecule has 4 rings (SSSR count). The lowest BCUT2D eigenvalue weighted by Gasteiger charge is -2.15. The van der Waals surface area contributed by atoms with E-state index >= 15 is 0 Å². The second-order valence-corrected chi connectivity index (χ2v) is 7.26. The first-order valence-corrected chi connectivity index (χ1v) is 9.69. The molecule has 1 saturated carbocycles. The molecule has 1 N–H and O–H groups in total. The summed E-state index contributed by atoms with van der Waals surface area (Å²) in [5.41, 5.74) is -1.08. The minimum absolute atomic E-state index is 0.0375. The SMILES string of the molecule is CC(NC(=O)c1cc(C2CC2)nc(C(F)(F)F)c1)c1ncnn1-c1ncc(OC(F)F)cn1. The van der Waals surface area contributed by atoms with E-state index in [9.17, 15) is 26.7 Å². The first-order valence-electron chi connectivity index (χ1n) is 9.69. The second-order valence-electron chi connectivity index (χ2n) is 7.26. The predicted molar refractivity (Wildman–Crippen MR) is 101 cm³/mol. The van der Waals surface area contributed by atoms with E-state index in [0.717, 1.165) is 36.2 Å². The average molecular weight is 469 g/mol. The van der Waals surface area contributed by atoms with Crippen LogP contribution in [0.15, 0.2) is 30.9 Å². The van der Waals surface area contributed by atoms with Crippen LogP contribution in [0.5, 0.6) is 5.75 Å². The minimum Gasteiger partial charge on any atom is -0.432 e. The molecule has 1 unspecified atom stereocenters. The molecule has 1 amide bonds. The Morgan fingerprint density at radius 2 is 1.88 bits per heavy atom. The largest absolute Gasteiger partial charge is 0.433 e. The van der Waals surface area contributed by atoms with Gasteiger partial charge in [-0.05, 0) is 31.9 Å². The number of rotatable bonds is 7. The Labute approximate surface area is 183 Å². The molecule has 0 radical (unpaired) electrons. The maximum atomic E-state index is 13.2. The van der Waals surface area contributed by atoms with Gasteiger partial charge in [-0.2, -0.15) is 31.7 Å². The van der Waals surface area contributed by atoms with Crippen molar-refractivity contribution in [2.75, 3.05) is 0 Å². The van der Waals surface area contributed by atoms with Gasteiger partial charge in [0.1, 0.15) is 12.0 Å². The zero-order chi connectivity index (χ0) is 23.8. The third-order valence-electron chi connectivity index (χ3n) is 4.73. The van der Waals surface area contributed by atoms with Crippen molar-refractivity contribution >= 4 is 5.91 Å². The van der Waals surface area contributed by atoms with Crippen LogP contribution in [-0.2, 0) is 6.18 Å². The molecule has 0 aromatic carbocycles. The summed E-state index contributed by atoms with van der Waals surface area (Å²) in [6, 6.07) is 1.24. The maximum absolute atomic E-state index is 13.2. The molecule has 174 valence electrons. The van der Waals surface area contributed by atoms with Crippen LogP contribution >= 0.6 is 0 Å². The van der Waals surface area contributed by atoms with Crippen LogP contribution in [0.25, 0.3) is 5.95 Å².